The number of imidazole rings is 1. The summed E-state index contributed by atoms with van der Waals surface area (Å²) in [6.07, 6.45) is 1.86. The van der Waals surface area contributed by atoms with Gasteiger partial charge in [-0.25, -0.2) is 4.98 Å². The number of hydrogen-bond donors (Lipinski definition) is 2. The smallest absolute Gasteiger partial charge is 0.256 e. The molecule has 0 saturated carbocycles. The number of nitrogens with one attached hydrogen (secondary N) is 2. The molecule has 30 heavy (non-hydrogen) atoms. The number of fused-ring (bicyclic) bond motifs is 1. The van der Waals surface area contributed by atoms with Gasteiger partial charge in [-0.1, -0.05) is 54.6 Å². The van der Waals surface area contributed by atoms with Gasteiger partial charge in [-0.05, 0) is 29.8 Å². The van der Waals surface area contributed by atoms with Gasteiger partial charge < -0.3 is 9.88 Å². The van der Waals surface area contributed by atoms with Crippen LogP contribution in [0.1, 0.15) is 15.9 Å². The van der Waals surface area contributed by atoms with E-state index in [9.17, 15) is 4.79 Å². The van der Waals surface area contributed by atoms with E-state index in [1.54, 1.807) is 12.1 Å². The number of benzene rings is 3. The fourth-order valence-electron chi connectivity index (χ4n) is 3.44. The van der Waals surface area contributed by atoms with Crippen molar-refractivity contribution in [3.05, 3.63) is 102 Å². The molecule has 6 heteroatoms. The highest BCUT2D eigenvalue weighted by atomic mass is 16.1. The summed E-state index contributed by atoms with van der Waals surface area (Å²) in [5.74, 6) is 0.293. The number of anilines is 1. The summed E-state index contributed by atoms with van der Waals surface area (Å²) in [7, 11) is 0. The lowest BCUT2D eigenvalue weighted by Gasteiger charge is -2.05. The highest BCUT2D eigenvalue weighted by Gasteiger charge is 2.11. The molecule has 1 amide bonds. The Morgan fingerprint density at radius 3 is 2.50 bits per heavy atom. The summed E-state index contributed by atoms with van der Waals surface area (Å²) in [6, 6.07) is 27.3. The molecule has 0 aliphatic heterocycles. The minimum absolute atomic E-state index is 0.190. The number of aromatic amines is 1. The lowest BCUT2D eigenvalue weighted by Crippen LogP contribution is -2.11. The van der Waals surface area contributed by atoms with E-state index in [0.29, 0.717) is 11.4 Å². The first kappa shape index (κ1) is 17.9. The Balaban J connectivity index is 1.40. The number of hydrogen-bond acceptors (Lipinski definition) is 3. The average Bonchev–Trinajstić information content (AvgIpc) is 3.42. The molecule has 0 aliphatic rings. The molecule has 0 radical (unpaired) electrons. The third kappa shape index (κ3) is 3.58. The number of H-pyrrole nitrogens is 1. The third-order valence-corrected chi connectivity index (χ3v) is 4.98. The zero-order valence-corrected chi connectivity index (χ0v) is 16.1. The van der Waals surface area contributed by atoms with Gasteiger partial charge in [0, 0.05) is 23.7 Å². The average molecular weight is 393 g/mol. The molecule has 0 spiro atoms. The number of carbonyl (C=O) groups is 1. The molecule has 5 rings (SSSR count). The first-order valence-electron chi connectivity index (χ1n) is 9.67. The van der Waals surface area contributed by atoms with Crippen LogP contribution in [0.2, 0.25) is 0 Å². The Kier molecular flexibility index (Phi) is 4.57. The van der Waals surface area contributed by atoms with E-state index in [1.807, 2.05) is 60.9 Å². The first-order chi connectivity index (χ1) is 14.8. The van der Waals surface area contributed by atoms with Crippen LogP contribution in [0.4, 0.5) is 5.82 Å². The fraction of sp³-hybridized carbons (Fsp3) is 0.0417. The summed E-state index contributed by atoms with van der Waals surface area (Å²) in [5, 5.41) is 10.1. The van der Waals surface area contributed by atoms with Crippen molar-refractivity contribution in [1.29, 1.82) is 0 Å². The van der Waals surface area contributed by atoms with Crippen molar-refractivity contribution in [2.24, 2.45) is 0 Å². The maximum absolute atomic E-state index is 12.3. The number of aromatic nitrogens is 4. The van der Waals surface area contributed by atoms with Gasteiger partial charge in [-0.15, -0.1) is 0 Å². The third-order valence-electron chi connectivity index (χ3n) is 4.98. The van der Waals surface area contributed by atoms with E-state index in [2.05, 4.69) is 43.3 Å². The van der Waals surface area contributed by atoms with E-state index < -0.39 is 0 Å². The van der Waals surface area contributed by atoms with Gasteiger partial charge in [0.15, 0.2) is 5.82 Å². The van der Waals surface area contributed by atoms with Crippen molar-refractivity contribution in [2.45, 2.75) is 6.54 Å². The van der Waals surface area contributed by atoms with Gasteiger partial charge in [-0.2, -0.15) is 5.10 Å². The summed E-state index contributed by atoms with van der Waals surface area (Å²) in [4.78, 5) is 16.8. The highest BCUT2D eigenvalue weighted by molar-refractivity contribution is 6.03. The topological polar surface area (TPSA) is 75.6 Å². The minimum atomic E-state index is -0.190. The van der Waals surface area contributed by atoms with Crippen molar-refractivity contribution in [1.82, 2.24) is 19.7 Å². The maximum Gasteiger partial charge on any atom is 0.256 e. The van der Waals surface area contributed by atoms with Gasteiger partial charge in [0.2, 0.25) is 0 Å². The molecule has 0 saturated heterocycles. The summed E-state index contributed by atoms with van der Waals surface area (Å²) >= 11 is 0. The van der Waals surface area contributed by atoms with Gasteiger partial charge in [0.25, 0.3) is 5.91 Å². The Hall–Kier alpha value is -4.19. The molecule has 146 valence electrons. The molecule has 6 nitrogen and oxygen atoms in total. The monoisotopic (exact) mass is 393 g/mol. The van der Waals surface area contributed by atoms with Crippen LogP contribution >= 0.6 is 0 Å². The predicted octanol–water partition coefficient (Wildman–Crippen LogP) is 4.73. The minimum Gasteiger partial charge on any atom is -0.326 e. The molecule has 0 fully saturated rings. The molecule has 3 aromatic carbocycles. The predicted molar refractivity (Wildman–Crippen MR) is 117 cm³/mol. The van der Waals surface area contributed by atoms with Crippen molar-refractivity contribution in [3.63, 3.8) is 0 Å². The van der Waals surface area contributed by atoms with Crippen LogP contribution in [0.5, 0.6) is 0 Å². The summed E-state index contributed by atoms with van der Waals surface area (Å²) in [5.41, 5.74) is 5.59. The normalized spacial score (nSPS) is 10.9. The molecular weight excluding hydrogens is 374 g/mol. The number of rotatable bonds is 5. The van der Waals surface area contributed by atoms with Crippen LogP contribution < -0.4 is 5.32 Å². The zero-order valence-electron chi connectivity index (χ0n) is 16.1. The van der Waals surface area contributed by atoms with Crippen LogP contribution in [-0.4, -0.2) is 25.7 Å². The second kappa shape index (κ2) is 7.67. The molecular formula is C24H19N5O. The van der Waals surface area contributed by atoms with Crippen LogP contribution in [0.25, 0.3) is 22.3 Å². The van der Waals surface area contributed by atoms with Crippen molar-refractivity contribution < 1.29 is 4.79 Å². The van der Waals surface area contributed by atoms with E-state index in [1.165, 1.54) is 5.56 Å². The number of carbonyl (C=O) groups excluding carboxylic acids is 1. The van der Waals surface area contributed by atoms with Crippen LogP contribution in [0, 0.1) is 0 Å². The zero-order chi connectivity index (χ0) is 20.3. The second-order valence-electron chi connectivity index (χ2n) is 7.05. The summed E-state index contributed by atoms with van der Waals surface area (Å²) in [6.45, 7) is 0.752. The van der Waals surface area contributed by atoms with E-state index in [4.69, 9.17) is 0 Å². The number of nitrogens with zero attached hydrogens (tertiary/aromatic N) is 3. The molecule has 2 heterocycles. The Morgan fingerprint density at radius 1 is 0.933 bits per heavy atom. The maximum atomic E-state index is 12.3. The molecule has 0 bridgehead atoms. The Morgan fingerprint density at radius 2 is 1.70 bits per heavy atom. The Labute approximate surface area is 173 Å². The summed E-state index contributed by atoms with van der Waals surface area (Å²) < 4.78 is 2.13. The fourth-order valence-corrected chi connectivity index (χ4v) is 3.44. The van der Waals surface area contributed by atoms with Gasteiger partial charge in [-0.3, -0.25) is 9.89 Å². The molecule has 2 N–H and O–H groups in total. The van der Waals surface area contributed by atoms with Crippen molar-refractivity contribution in [3.8, 4) is 11.3 Å². The van der Waals surface area contributed by atoms with Gasteiger partial charge >= 0.3 is 0 Å². The number of amides is 1. The molecule has 0 unspecified atom stereocenters. The van der Waals surface area contributed by atoms with Crippen LogP contribution in [0.3, 0.4) is 0 Å². The quantitative estimate of drug-likeness (QED) is 0.453. The van der Waals surface area contributed by atoms with E-state index in [-0.39, 0.29) is 5.91 Å². The van der Waals surface area contributed by atoms with Gasteiger partial charge in [0.1, 0.15) is 0 Å². The second-order valence-corrected chi connectivity index (χ2v) is 7.05. The van der Waals surface area contributed by atoms with Crippen molar-refractivity contribution >= 4 is 22.8 Å². The standard InChI is InChI=1S/C24H19N5O/c30-24(18-9-5-2-6-10-18)26-23-14-21(27-28-23)19-11-12-20-22(13-19)29(16-25-20)15-17-7-3-1-4-8-17/h1-14,16H,15H2,(H2,26,27,28,30). The van der Waals surface area contributed by atoms with Crippen LogP contribution in [0.15, 0.2) is 91.3 Å². The largest absolute Gasteiger partial charge is 0.326 e. The molecule has 2 aromatic heterocycles. The first-order valence-corrected chi connectivity index (χ1v) is 9.67. The molecule has 0 atom stereocenters. The lowest BCUT2D eigenvalue weighted by atomic mass is 10.1. The lowest BCUT2D eigenvalue weighted by molar-refractivity contribution is 0.102. The molecule has 0 aliphatic carbocycles. The van der Waals surface area contributed by atoms with Crippen molar-refractivity contribution in [2.75, 3.05) is 5.32 Å². The van der Waals surface area contributed by atoms with Crippen LogP contribution in [-0.2, 0) is 6.54 Å². The molecule has 5 aromatic rings. The highest BCUT2D eigenvalue weighted by Crippen LogP contribution is 2.25. The van der Waals surface area contributed by atoms with E-state index >= 15 is 0 Å². The van der Waals surface area contributed by atoms with E-state index in [0.717, 1.165) is 28.8 Å². The SMILES string of the molecule is O=C(Nc1cc(-c2ccc3ncn(Cc4ccccc4)c3c2)[nH]n1)c1ccccc1. The Bertz CT molecular complexity index is 1310. The van der Waals surface area contributed by atoms with Gasteiger partial charge in [0.05, 0.1) is 23.1 Å².